The molecule has 0 aromatic heterocycles. The first kappa shape index (κ1) is 10.9. The maximum Gasteiger partial charge on any atom is 0.0921 e. The minimum absolute atomic E-state index is 0.0171. The van der Waals surface area contributed by atoms with Crippen molar-refractivity contribution in [2.24, 2.45) is 0 Å². The van der Waals surface area contributed by atoms with Crippen molar-refractivity contribution in [1.29, 1.82) is 0 Å². The van der Waals surface area contributed by atoms with Gasteiger partial charge < -0.3 is 15.2 Å². The molecule has 0 amide bonds. The summed E-state index contributed by atoms with van der Waals surface area (Å²) in [6, 6.07) is 7.53. The molecular weight excluding hydrogens is 214 g/mol. The van der Waals surface area contributed by atoms with Crippen molar-refractivity contribution < 1.29 is 9.84 Å². The molecule has 1 saturated heterocycles. The van der Waals surface area contributed by atoms with Crippen LogP contribution < -0.4 is 5.32 Å². The quantitative estimate of drug-likeness (QED) is 0.797. The maximum absolute atomic E-state index is 9.52. The zero-order chi connectivity index (χ0) is 10.7. The molecule has 1 heterocycles. The van der Waals surface area contributed by atoms with Gasteiger partial charge in [-0.1, -0.05) is 29.8 Å². The summed E-state index contributed by atoms with van der Waals surface area (Å²) in [5.74, 6) is 0. The van der Waals surface area contributed by atoms with Gasteiger partial charge in [-0.15, -0.1) is 0 Å². The van der Waals surface area contributed by atoms with Crippen LogP contribution in [0, 0.1) is 0 Å². The number of ether oxygens (including phenoxy) is 1. The van der Waals surface area contributed by atoms with E-state index < -0.39 is 5.54 Å². The Morgan fingerprint density at radius 1 is 1.47 bits per heavy atom. The van der Waals surface area contributed by atoms with E-state index in [1.54, 1.807) is 0 Å². The van der Waals surface area contributed by atoms with Gasteiger partial charge in [0.15, 0.2) is 0 Å². The van der Waals surface area contributed by atoms with E-state index >= 15 is 0 Å². The molecule has 15 heavy (non-hydrogen) atoms. The molecule has 0 bridgehead atoms. The van der Waals surface area contributed by atoms with E-state index in [2.05, 4.69) is 5.32 Å². The summed E-state index contributed by atoms with van der Waals surface area (Å²) < 4.78 is 5.40. The van der Waals surface area contributed by atoms with Gasteiger partial charge in [0.1, 0.15) is 0 Å². The van der Waals surface area contributed by atoms with Gasteiger partial charge in [0.2, 0.25) is 0 Å². The molecule has 82 valence electrons. The predicted octanol–water partition coefficient (Wildman–Crippen LogP) is 1.15. The fourth-order valence-electron chi connectivity index (χ4n) is 1.87. The van der Waals surface area contributed by atoms with E-state index in [0.717, 1.165) is 12.1 Å². The Hall–Kier alpha value is -0.610. The van der Waals surface area contributed by atoms with Crippen LogP contribution in [-0.4, -0.2) is 31.5 Å². The van der Waals surface area contributed by atoms with Gasteiger partial charge in [-0.3, -0.25) is 0 Å². The lowest BCUT2D eigenvalue weighted by Gasteiger charge is -2.37. The molecule has 1 unspecified atom stereocenters. The van der Waals surface area contributed by atoms with Gasteiger partial charge >= 0.3 is 0 Å². The largest absolute Gasteiger partial charge is 0.394 e. The first-order chi connectivity index (χ1) is 7.28. The second-order valence-corrected chi connectivity index (χ2v) is 4.11. The number of halogens is 1. The fraction of sp³-hybridized carbons (Fsp3) is 0.455. The highest BCUT2D eigenvalue weighted by Crippen LogP contribution is 2.29. The van der Waals surface area contributed by atoms with Crippen LogP contribution in [-0.2, 0) is 10.3 Å². The van der Waals surface area contributed by atoms with Crippen LogP contribution in [0.25, 0.3) is 0 Å². The number of rotatable bonds is 2. The van der Waals surface area contributed by atoms with Gasteiger partial charge in [-0.25, -0.2) is 0 Å². The van der Waals surface area contributed by atoms with Crippen LogP contribution in [0.5, 0.6) is 0 Å². The molecule has 1 atom stereocenters. The van der Waals surface area contributed by atoms with Crippen LogP contribution in [0.4, 0.5) is 0 Å². The molecule has 1 aromatic rings. The molecule has 3 nitrogen and oxygen atoms in total. The van der Waals surface area contributed by atoms with E-state index in [9.17, 15) is 5.11 Å². The number of benzene rings is 1. The highest BCUT2D eigenvalue weighted by Gasteiger charge is 2.35. The summed E-state index contributed by atoms with van der Waals surface area (Å²) in [7, 11) is 0. The smallest absolute Gasteiger partial charge is 0.0921 e. The molecule has 2 N–H and O–H groups in total. The first-order valence-electron chi connectivity index (χ1n) is 4.97. The summed E-state index contributed by atoms with van der Waals surface area (Å²) in [5.41, 5.74) is 0.352. The molecular formula is C11H14ClNO2. The van der Waals surface area contributed by atoms with Crippen LogP contribution >= 0.6 is 11.6 Å². The lowest BCUT2D eigenvalue weighted by Crippen LogP contribution is -2.54. The number of hydrogen-bond acceptors (Lipinski definition) is 3. The molecule has 2 rings (SSSR count). The standard InChI is InChI=1S/C11H14ClNO2/c12-10-4-2-1-3-9(10)11(7-14)8-15-6-5-13-11/h1-4,13-14H,5-8H2. The fourth-order valence-corrected chi connectivity index (χ4v) is 2.19. The van der Waals surface area contributed by atoms with Crippen LogP contribution in [0.15, 0.2) is 24.3 Å². The monoisotopic (exact) mass is 227 g/mol. The Labute approximate surface area is 94.0 Å². The Morgan fingerprint density at radius 3 is 2.87 bits per heavy atom. The maximum atomic E-state index is 9.52. The summed E-state index contributed by atoms with van der Waals surface area (Å²) in [5, 5.41) is 13.5. The summed E-state index contributed by atoms with van der Waals surface area (Å²) in [6.07, 6.45) is 0. The van der Waals surface area contributed by atoms with E-state index in [-0.39, 0.29) is 6.61 Å². The molecule has 4 heteroatoms. The lowest BCUT2D eigenvalue weighted by atomic mass is 9.90. The third-order valence-electron chi connectivity index (χ3n) is 2.72. The Balaban J connectivity index is 2.36. The van der Waals surface area contributed by atoms with Gasteiger partial charge in [0.05, 0.1) is 25.4 Å². The highest BCUT2D eigenvalue weighted by molar-refractivity contribution is 6.31. The van der Waals surface area contributed by atoms with E-state index in [4.69, 9.17) is 16.3 Å². The summed E-state index contributed by atoms with van der Waals surface area (Å²) >= 11 is 6.12. The average Bonchev–Trinajstić information content (AvgIpc) is 2.30. The number of nitrogens with one attached hydrogen (secondary N) is 1. The minimum Gasteiger partial charge on any atom is -0.394 e. The van der Waals surface area contributed by atoms with Crippen molar-refractivity contribution in [3.05, 3.63) is 34.9 Å². The number of morpholine rings is 1. The predicted molar refractivity (Wildman–Crippen MR) is 59.0 cm³/mol. The van der Waals surface area contributed by atoms with Crippen molar-refractivity contribution in [3.8, 4) is 0 Å². The average molecular weight is 228 g/mol. The topological polar surface area (TPSA) is 41.5 Å². The third kappa shape index (κ3) is 2.01. The van der Waals surface area contributed by atoms with Gasteiger partial charge in [-0.2, -0.15) is 0 Å². The second-order valence-electron chi connectivity index (χ2n) is 3.70. The lowest BCUT2D eigenvalue weighted by molar-refractivity contribution is -0.00328. The molecule has 1 aliphatic heterocycles. The zero-order valence-electron chi connectivity index (χ0n) is 8.37. The Bertz CT molecular complexity index is 337. The molecule has 0 saturated carbocycles. The molecule has 1 aliphatic rings. The van der Waals surface area contributed by atoms with Gasteiger partial charge in [0.25, 0.3) is 0 Å². The van der Waals surface area contributed by atoms with Crippen molar-refractivity contribution in [2.45, 2.75) is 5.54 Å². The SMILES string of the molecule is OCC1(c2ccccc2Cl)COCCN1. The van der Waals surface area contributed by atoms with Gasteiger partial charge in [-0.05, 0) is 11.6 Å². The molecule has 0 radical (unpaired) electrons. The number of hydrogen-bond donors (Lipinski definition) is 2. The third-order valence-corrected chi connectivity index (χ3v) is 3.05. The zero-order valence-corrected chi connectivity index (χ0v) is 9.13. The van der Waals surface area contributed by atoms with Crippen molar-refractivity contribution in [3.63, 3.8) is 0 Å². The van der Waals surface area contributed by atoms with Crippen molar-refractivity contribution in [1.82, 2.24) is 5.32 Å². The van der Waals surface area contributed by atoms with E-state index in [1.165, 1.54) is 0 Å². The van der Waals surface area contributed by atoms with Gasteiger partial charge in [0, 0.05) is 11.6 Å². The van der Waals surface area contributed by atoms with Crippen LogP contribution in [0.1, 0.15) is 5.56 Å². The van der Waals surface area contributed by atoms with Crippen LogP contribution in [0.3, 0.4) is 0 Å². The normalized spacial score (nSPS) is 26.5. The molecule has 1 aromatic carbocycles. The summed E-state index contributed by atoms with van der Waals surface area (Å²) in [4.78, 5) is 0. The minimum atomic E-state index is -0.545. The Kier molecular flexibility index (Phi) is 3.26. The molecule has 1 fully saturated rings. The Morgan fingerprint density at radius 2 is 2.27 bits per heavy atom. The van der Waals surface area contributed by atoms with Crippen LogP contribution in [0.2, 0.25) is 5.02 Å². The summed E-state index contributed by atoms with van der Waals surface area (Å²) in [6.45, 7) is 1.84. The van der Waals surface area contributed by atoms with Crippen molar-refractivity contribution >= 4 is 11.6 Å². The number of aliphatic hydroxyl groups excluding tert-OH is 1. The molecule has 0 spiro atoms. The highest BCUT2D eigenvalue weighted by atomic mass is 35.5. The first-order valence-corrected chi connectivity index (χ1v) is 5.35. The van der Waals surface area contributed by atoms with E-state index in [0.29, 0.717) is 18.2 Å². The molecule has 0 aliphatic carbocycles. The second kappa shape index (κ2) is 4.49. The number of aliphatic hydroxyl groups is 1. The van der Waals surface area contributed by atoms with E-state index in [1.807, 2.05) is 24.3 Å². The van der Waals surface area contributed by atoms with Crippen molar-refractivity contribution in [2.75, 3.05) is 26.4 Å².